The minimum Gasteiger partial charge on any atom is -0.409 e. The van der Waals surface area contributed by atoms with Gasteiger partial charge < -0.3 is 8.99 Å². The molecule has 1 heterocycles. The first-order chi connectivity index (χ1) is 16.4. The lowest BCUT2D eigenvalue weighted by molar-refractivity contribution is 0.0999. The molecule has 0 saturated carbocycles. The summed E-state index contributed by atoms with van der Waals surface area (Å²) in [7, 11) is -0.0407. The van der Waals surface area contributed by atoms with Gasteiger partial charge in [0.15, 0.2) is 14.1 Å². The number of aryl methyl sites for hydroxylation is 1. The topological polar surface area (TPSA) is 48.3 Å². The molecular weight excluding hydrogens is 474 g/mol. The van der Waals surface area contributed by atoms with Crippen molar-refractivity contribution in [3.63, 3.8) is 0 Å². The molecular formula is C29H30ClNO3Si. The number of fused-ring (bicyclic) bond motifs is 1. The number of pyridine rings is 1. The second-order valence-electron chi connectivity index (χ2n) is 10.3. The number of hydrogen-bond donors (Lipinski definition) is 0. The highest BCUT2D eigenvalue weighted by Gasteiger charge is 2.29. The molecule has 0 radical (unpaired) electrons. The summed E-state index contributed by atoms with van der Waals surface area (Å²) in [5, 5.41) is 1.42. The van der Waals surface area contributed by atoms with E-state index in [9.17, 15) is 9.59 Å². The van der Waals surface area contributed by atoms with E-state index in [4.69, 9.17) is 16.0 Å². The molecule has 0 atom stereocenters. The van der Waals surface area contributed by atoms with E-state index in [0.717, 1.165) is 27.6 Å². The molecule has 3 aromatic carbocycles. The summed E-state index contributed by atoms with van der Waals surface area (Å²) in [5.41, 5.74) is 4.06. The minimum atomic E-state index is -1.79. The van der Waals surface area contributed by atoms with Crippen molar-refractivity contribution in [2.45, 2.75) is 39.1 Å². The van der Waals surface area contributed by atoms with Crippen LogP contribution in [0, 0.1) is 0 Å². The van der Waals surface area contributed by atoms with Crippen LogP contribution in [0.5, 0.6) is 0 Å². The first-order valence-electron chi connectivity index (χ1n) is 11.6. The van der Waals surface area contributed by atoms with Crippen LogP contribution < -0.4 is 5.56 Å². The fourth-order valence-corrected chi connectivity index (χ4v) is 6.27. The Balaban J connectivity index is 1.87. The van der Waals surface area contributed by atoms with Gasteiger partial charge in [0, 0.05) is 34.6 Å². The minimum absolute atomic E-state index is 0.0956. The number of aromatic nitrogens is 1. The van der Waals surface area contributed by atoms with Crippen LogP contribution in [0.4, 0.5) is 0 Å². The number of nitrogens with zero attached hydrogens (tertiary/aromatic N) is 1. The standard InChI is InChI=1S/C29H30ClNO3Si/c1-29(2,34-35(4,5)6)22-9-7-8-20(16-22)24-18-27(32)31(3)26-15-12-21(17-25(24)26)28(33)19-10-13-23(30)14-11-19/h7-18H,1-6H3. The number of ketones is 1. The maximum absolute atomic E-state index is 13.2. The van der Waals surface area contributed by atoms with E-state index in [1.165, 1.54) is 0 Å². The van der Waals surface area contributed by atoms with Crippen molar-refractivity contribution in [3.8, 4) is 11.1 Å². The summed E-state index contributed by atoms with van der Waals surface area (Å²) in [6, 6.07) is 22.1. The summed E-state index contributed by atoms with van der Waals surface area (Å²) in [6.07, 6.45) is 0. The number of carbonyl (C=O) groups is 1. The van der Waals surface area contributed by atoms with Gasteiger partial charge in [0.2, 0.25) is 0 Å². The molecule has 0 aliphatic rings. The van der Waals surface area contributed by atoms with Crippen LogP contribution in [-0.2, 0) is 17.1 Å². The molecule has 180 valence electrons. The lowest BCUT2D eigenvalue weighted by Crippen LogP contribution is -2.36. The molecule has 35 heavy (non-hydrogen) atoms. The SMILES string of the molecule is Cn1c(=O)cc(-c2cccc(C(C)(C)O[Si](C)(C)C)c2)c2cc(C(=O)c3ccc(Cl)cc3)ccc21. The van der Waals surface area contributed by atoms with E-state index in [2.05, 4.69) is 45.6 Å². The molecule has 6 heteroatoms. The molecule has 0 spiro atoms. The average Bonchev–Trinajstić information content (AvgIpc) is 2.79. The van der Waals surface area contributed by atoms with E-state index < -0.39 is 13.9 Å². The number of hydrogen-bond acceptors (Lipinski definition) is 3. The second-order valence-corrected chi connectivity index (χ2v) is 15.2. The van der Waals surface area contributed by atoms with E-state index >= 15 is 0 Å². The van der Waals surface area contributed by atoms with Gasteiger partial charge in [-0.15, -0.1) is 0 Å². The fraction of sp³-hybridized carbons (Fsp3) is 0.241. The average molecular weight is 504 g/mol. The lowest BCUT2D eigenvalue weighted by Gasteiger charge is -2.33. The first kappa shape index (κ1) is 25.1. The van der Waals surface area contributed by atoms with Crippen molar-refractivity contribution in [1.29, 1.82) is 0 Å². The van der Waals surface area contributed by atoms with Crippen LogP contribution >= 0.6 is 11.6 Å². The van der Waals surface area contributed by atoms with Crippen LogP contribution in [0.3, 0.4) is 0 Å². The maximum atomic E-state index is 13.2. The van der Waals surface area contributed by atoms with Gasteiger partial charge >= 0.3 is 0 Å². The number of carbonyl (C=O) groups excluding carboxylic acids is 1. The third kappa shape index (κ3) is 5.32. The van der Waals surface area contributed by atoms with Crippen molar-refractivity contribution >= 4 is 36.6 Å². The molecule has 4 rings (SSSR count). The molecule has 4 nitrogen and oxygen atoms in total. The summed E-state index contributed by atoms with van der Waals surface area (Å²) in [4.78, 5) is 26.0. The largest absolute Gasteiger partial charge is 0.409 e. The molecule has 0 aliphatic carbocycles. The Bertz CT molecular complexity index is 1480. The molecule has 1 aromatic heterocycles. The van der Waals surface area contributed by atoms with Crippen LogP contribution in [0.2, 0.25) is 24.7 Å². The molecule has 0 aliphatic heterocycles. The van der Waals surface area contributed by atoms with Gasteiger partial charge in [0.1, 0.15) is 0 Å². The van der Waals surface area contributed by atoms with Crippen molar-refractivity contribution in [2.24, 2.45) is 7.05 Å². The van der Waals surface area contributed by atoms with Crippen molar-refractivity contribution in [3.05, 3.63) is 105 Å². The van der Waals surface area contributed by atoms with Crippen molar-refractivity contribution in [2.75, 3.05) is 0 Å². The molecule has 0 amide bonds. The third-order valence-electron chi connectivity index (χ3n) is 6.05. The number of benzene rings is 3. The Kier molecular flexibility index (Phi) is 6.62. The number of rotatable bonds is 6. The fourth-order valence-electron chi connectivity index (χ4n) is 4.49. The first-order valence-corrected chi connectivity index (χ1v) is 15.4. The molecule has 0 N–H and O–H groups in total. The summed E-state index contributed by atoms with van der Waals surface area (Å²) >= 11 is 5.99. The Morgan fingerprint density at radius 2 is 1.57 bits per heavy atom. The Morgan fingerprint density at radius 3 is 2.23 bits per heavy atom. The summed E-state index contributed by atoms with van der Waals surface area (Å²) in [6.45, 7) is 10.7. The smallest absolute Gasteiger partial charge is 0.251 e. The highest BCUT2D eigenvalue weighted by molar-refractivity contribution is 6.69. The van der Waals surface area contributed by atoms with Gasteiger partial charge in [-0.2, -0.15) is 0 Å². The number of halogens is 1. The molecule has 0 saturated heterocycles. The summed E-state index contributed by atoms with van der Waals surface area (Å²) in [5.74, 6) is -0.0956. The third-order valence-corrected chi connectivity index (χ3v) is 7.42. The van der Waals surface area contributed by atoms with Crippen LogP contribution in [0.15, 0.2) is 77.6 Å². The quantitative estimate of drug-likeness (QED) is 0.207. The van der Waals surface area contributed by atoms with Crippen LogP contribution in [0.1, 0.15) is 35.3 Å². The van der Waals surface area contributed by atoms with Crippen LogP contribution in [-0.4, -0.2) is 18.7 Å². The van der Waals surface area contributed by atoms with Gasteiger partial charge in [-0.3, -0.25) is 9.59 Å². The predicted octanol–water partition coefficient (Wildman–Crippen LogP) is 7.18. The molecule has 0 unspecified atom stereocenters. The zero-order chi connectivity index (χ0) is 25.5. The predicted molar refractivity (Wildman–Crippen MR) is 147 cm³/mol. The highest BCUT2D eigenvalue weighted by atomic mass is 35.5. The normalized spacial score (nSPS) is 12.2. The van der Waals surface area contributed by atoms with Gasteiger partial charge in [-0.25, -0.2) is 0 Å². The molecule has 0 bridgehead atoms. The zero-order valence-corrected chi connectivity index (χ0v) is 22.7. The molecule has 0 fully saturated rings. The van der Waals surface area contributed by atoms with Crippen molar-refractivity contribution in [1.82, 2.24) is 4.57 Å². The van der Waals surface area contributed by atoms with Crippen LogP contribution in [0.25, 0.3) is 22.0 Å². The van der Waals surface area contributed by atoms with Gasteiger partial charge in [0.25, 0.3) is 5.56 Å². The van der Waals surface area contributed by atoms with E-state index in [-0.39, 0.29) is 11.3 Å². The van der Waals surface area contributed by atoms with Gasteiger partial charge in [-0.1, -0.05) is 29.8 Å². The molecule has 4 aromatic rings. The monoisotopic (exact) mass is 503 g/mol. The Labute approximate surface area is 212 Å². The summed E-state index contributed by atoms with van der Waals surface area (Å²) < 4.78 is 8.07. The second kappa shape index (κ2) is 9.23. The van der Waals surface area contributed by atoms with Gasteiger partial charge in [0.05, 0.1) is 11.1 Å². The van der Waals surface area contributed by atoms with E-state index in [1.54, 1.807) is 48.0 Å². The Morgan fingerprint density at radius 1 is 0.914 bits per heavy atom. The zero-order valence-electron chi connectivity index (χ0n) is 21.0. The lowest BCUT2D eigenvalue weighted by atomic mass is 9.92. The van der Waals surface area contributed by atoms with Gasteiger partial charge in [-0.05, 0) is 98.7 Å². The van der Waals surface area contributed by atoms with E-state index in [1.807, 2.05) is 24.3 Å². The highest BCUT2D eigenvalue weighted by Crippen LogP contribution is 2.34. The van der Waals surface area contributed by atoms with Crippen molar-refractivity contribution < 1.29 is 9.22 Å². The Hall–Kier alpha value is -2.99. The van der Waals surface area contributed by atoms with E-state index in [0.29, 0.717) is 16.1 Å². The maximum Gasteiger partial charge on any atom is 0.251 e.